The summed E-state index contributed by atoms with van der Waals surface area (Å²) < 4.78 is 16.7. The summed E-state index contributed by atoms with van der Waals surface area (Å²) >= 11 is 0. The molecule has 1 aliphatic heterocycles. The number of nitrogens with zero attached hydrogens (tertiary/aromatic N) is 2. The monoisotopic (exact) mass is 361 g/mol. The predicted octanol–water partition coefficient (Wildman–Crippen LogP) is 2.52. The number of rotatable bonds is 5. The van der Waals surface area contributed by atoms with E-state index in [0.717, 1.165) is 36.0 Å². The molecule has 3 atom stereocenters. The highest BCUT2D eigenvalue weighted by molar-refractivity contribution is 5.80. The Morgan fingerprint density at radius 2 is 2.12 bits per heavy atom. The number of benzene rings is 1. The van der Waals surface area contributed by atoms with Crippen molar-refractivity contribution in [2.24, 2.45) is 16.3 Å². The van der Waals surface area contributed by atoms with E-state index in [1.807, 2.05) is 32.3 Å². The van der Waals surface area contributed by atoms with E-state index in [1.165, 1.54) is 0 Å². The zero-order chi connectivity index (χ0) is 18.9. The van der Waals surface area contributed by atoms with Gasteiger partial charge in [0.15, 0.2) is 5.96 Å². The number of hydrogen-bond acceptors (Lipinski definition) is 4. The highest BCUT2D eigenvalue weighted by Gasteiger charge is 2.59. The van der Waals surface area contributed by atoms with Crippen LogP contribution in [0.2, 0.25) is 0 Å². The Kier molecular flexibility index (Phi) is 5.32. The number of methoxy groups -OCH3 is 2. The number of nitrogens with one attached hydrogen (secondary N) is 1. The van der Waals surface area contributed by atoms with Crippen molar-refractivity contribution in [3.8, 4) is 11.5 Å². The highest BCUT2D eigenvalue weighted by Crippen LogP contribution is 2.52. The van der Waals surface area contributed by atoms with Gasteiger partial charge < -0.3 is 24.4 Å². The molecule has 2 fully saturated rings. The summed E-state index contributed by atoms with van der Waals surface area (Å²) in [7, 11) is 7.22. The van der Waals surface area contributed by atoms with Crippen LogP contribution in [-0.4, -0.2) is 57.9 Å². The molecule has 1 saturated heterocycles. The van der Waals surface area contributed by atoms with Gasteiger partial charge in [0.2, 0.25) is 0 Å². The summed E-state index contributed by atoms with van der Waals surface area (Å²) in [5.41, 5.74) is 1.21. The molecule has 1 aromatic rings. The van der Waals surface area contributed by atoms with E-state index in [0.29, 0.717) is 24.6 Å². The van der Waals surface area contributed by atoms with Crippen molar-refractivity contribution in [2.45, 2.75) is 39.0 Å². The molecule has 1 aliphatic carbocycles. The molecule has 144 valence electrons. The summed E-state index contributed by atoms with van der Waals surface area (Å²) in [6.07, 6.45) is 1.49. The molecule has 0 radical (unpaired) electrons. The maximum atomic E-state index is 5.90. The molecule has 2 aliphatic rings. The van der Waals surface area contributed by atoms with Crippen LogP contribution in [0.4, 0.5) is 0 Å². The molecular formula is C20H31N3O3. The van der Waals surface area contributed by atoms with Crippen LogP contribution < -0.4 is 14.8 Å². The second-order valence-electron chi connectivity index (χ2n) is 7.77. The van der Waals surface area contributed by atoms with Crippen molar-refractivity contribution in [3.63, 3.8) is 0 Å². The van der Waals surface area contributed by atoms with Crippen LogP contribution in [0.15, 0.2) is 23.2 Å². The minimum Gasteiger partial charge on any atom is -0.497 e. The zero-order valence-electron chi connectivity index (χ0n) is 16.7. The number of guanidine groups is 1. The minimum absolute atomic E-state index is 0.121. The Morgan fingerprint density at radius 3 is 2.77 bits per heavy atom. The van der Waals surface area contributed by atoms with Crippen LogP contribution in [0.25, 0.3) is 0 Å². The lowest BCUT2D eigenvalue weighted by Gasteiger charge is -2.55. The van der Waals surface area contributed by atoms with E-state index in [-0.39, 0.29) is 5.41 Å². The molecule has 26 heavy (non-hydrogen) atoms. The molecular weight excluding hydrogens is 330 g/mol. The molecule has 0 aromatic heterocycles. The number of ether oxygens (including phenoxy) is 3. The molecule has 3 unspecified atom stereocenters. The third kappa shape index (κ3) is 3.22. The lowest BCUT2D eigenvalue weighted by Crippen LogP contribution is -2.67. The molecule has 0 bridgehead atoms. The van der Waals surface area contributed by atoms with E-state index in [9.17, 15) is 0 Å². The summed E-state index contributed by atoms with van der Waals surface area (Å²) in [5.74, 6) is 3.08. The van der Waals surface area contributed by atoms with Crippen LogP contribution in [0.1, 0.15) is 25.8 Å². The maximum absolute atomic E-state index is 5.90. The lowest BCUT2D eigenvalue weighted by atomic mass is 9.57. The molecule has 6 nitrogen and oxygen atoms in total. The van der Waals surface area contributed by atoms with E-state index >= 15 is 0 Å². The highest BCUT2D eigenvalue weighted by atomic mass is 16.5. The maximum Gasteiger partial charge on any atom is 0.193 e. The van der Waals surface area contributed by atoms with Crippen molar-refractivity contribution in [1.82, 2.24) is 10.2 Å². The molecule has 3 rings (SSSR count). The van der Waals surface area contributed by atoms with Gasteiger partial charge in [-0.2, -0.15) is 0 Å². The molecule has 6 heteroatoms. The van der Waals surface area contributed by atoms with Gasteiger partial charge in [0.25, 0.3) is 0 Å². The Hall–Kier alpha value is -1.95. The van der Waals surface area contributed by atoms with Crippen molar-refractivity contribution < 1.29 is 14.2 Å². The number of aliphatic imine (C=N–C) groups is 1. The van der Waals surface area contributed by atoms with Crippen molar-refractivity contribution in [2.75, 3.05) is 34.9 Å². The molecule has 0 spiro atoms. The fraction of sp³-hybridized carbons (Fsp3) is 0.650. The smallest absolute Gasteiger partial charge is 0.193 e. The topological polar surface area (TPSA) is 55.3 Å². The van der Waals surface area contributed by atoms with Crippen LogP contribution in [-0.2, 0) is 11.3 Å². The molecule has 1 heterocycles. The molecule has 1 saturated carbocycles. The van der Waals surface area contributed by atoms with Gasteiger partial charge in [-0.3, -0.25) is 4.99 Å². The first-order valence-corrected chi connectivity index (χ1v) is 9.19. The van der Waals surface area contributed by atoms with Gasteiger partial charge >= 0.3 is 0 Å². The average molecular weight is 361 g/mol. The van der Waals surface area contributed by atoms with E-state index < -0.39 is 0 Å². The fourth-order valence-corrected chi connectivity index (χ4v) is 4.41. The second-order valence-corrected chi connectivity index (χ2v) is 7.77. The first-order chi connectivity index (χ1) is 12.4. The number of hydrogen-bond donors (Lipinski definition) is 1. The minimum atomic E-state index is 0.121. The average Bonchev–Trinajstić information content (AvgIpc) is 3.09. The third-order valence-electron chi connectivity index (χ3n) is 5.86. The van der Waals surface area contributed by atoms with Crippen LogP contribution in [0.3, 0.4) is 0 Å². The van der Waals surface area contributed by atoms with Gasteiger partial charge in [0.1, 0.15) is 11.5 Å². The fourth-order valence-electron chi connectivity index (χ4n) is 4.41. The summed E-state index contributed by atoms with van der Waals surface area (Å²) in [6, 6.07) is 6.29. The molecule has 1 aromatic carbocycles. The zero-order valence-corrected chi connectivity index (χ0v) is 16.7. The first-order valence-electron chi connectivity index (χ1n) is 9.19. The number of fused-ring (bicyclic) bond motifs is 1. The first kappa shape index (κ1) is 18.8. The van der Waals surface area contributed by atoms with Gasteiger partial charge in [0.05, 0.1) is 20.3 Å². The Bertz CT molecular complexity index is 674. The Labute approximate surface area is 156 Å². The Balaban J connectivity index is 1.69. The molecule has 1 N–H and O–H groups in total. The third-order valence-corrected chi connectivity index (χ3v) is 5.86. The predicted molar refractivity (Wildman–Crippen MR) is 103 cm³/mol. The molecule has 0 amide bonds. The Morgan fingerprint density at radius 1 is 1.35 bits per heavy atom. The van der Waals surface area contributed by atoms with Crippen molar-refractivity contribution >= 4 is 5.96 Å². The van der Waals surface area contributed by atoms with E-state index in [1.54, 1.807) is 14.2 Å². The van der Waals surface area contributed by atoms with Gasteiger partial charge in [0, 0.05) is 56.3 Å². The van der Waals surface area contributed by atoms with E-state index in [4.69, 9.17) is 14.2 Å². The summed E-state index contributed by atoms with van der Waals surface area (Å²) in [4.78, 5) is 6.63. The largest absolute Gasteiger partial charge is 0.497 e. The van der Waals surface area contributed by atoms with Crippen molar-refractivity contribution in [3.05, 3.63) is 23.8 Å². The lowest BCUT2D eigenvalue weighted by molar-refractivity contribution is -0.107. The normalized spacial score (nSPS) is 26.7. The van der Waals surface area contributed by atoms with Crippen molar-refractivity contribution in [1.29, 1.82) is 0 Å². The standard InChI is InChI=1S/C20H31N3O3/c1-20(2)17(15-9-10-26-18(15)20)22-19(21-3)23(4)12-13-7-8-14(24-5)11-16(13)25-6/h7-8,11,15,17-18H,9-10,12H2,1-6H3,(H,21,22). The van der Waals surface area contributed by atoms with E-state index in [2.05, 4.69) is 29.1 Å². The van der Waals surface area contributed by atoms with Crippen LogP contribution in [0.5, 0.6) is 11.5 Å². The van der Waals surface area contributed by atoms with Gasteiger partial charge in [-0.05, 0) is 18.6 Å². The SMILES string of the molecule is CN=C(NC1C2CCOC2C1(C)C)N(C)Cc1ccc(OC)cc1OC. The quantitative estimate of drug-likeness (QED) is 0.645. The summed E-state index contributed by atoms with van der Waals surface area (Å²) in [6.45, 7) is 6.12. The van der Waals surface area contributed by atoms with Gasteiger partial charge in [-0.25, -0.2) is 0 Å². The van der Waals surface area contributed by atoms with Gasteiger partial charge in [-0.15, -0.1) is 0 Å². The van der Waals surface area contributed by atoms with Crippen LogP contribution >= 0.6 is 0 Å². The second kappa shape index (κ2) is 7.35. The summed E-state index contributed by atoms with van der Waals surface area (Å²) in [5, 5.41) is 3.68. The van der Waals surface area contributed by atoms with Crippen LogP contribution in [0, 0.1) is 11.3 Å². The van der Waals surface area contributed by atoms with Gasteiger partial charge in [-0.1, -0.05) is 13.8 Å².